The van der Waals surface area contributed by atoms with Gasteiger partial charge in [0.2, 0.25) is 5.88 Å². The molecule has 11 heteroatoms. The van der Waals surface area contributed by atoms with E-state index in [4.69, 9.17) is 24.8 Å². The average Bonchev–Trinajstić information content (AvgIpc) is 3.32. The summed E-state index contributed by atoms with van der Waals surface area (Å²) in [6.07, 6.45) is 7.77. The van der Waals surface area contributed by atoms with Crippen molar-refractivity contribution in [3.63, 3.8) is 0 Å². The highest BCUT2D eigenvalue weighted by Crippen LogP contribution is 2.50. The minimum absolute atomic E-state index is 0.0231. The molecule has 2 aliphatic heterocycles. The first kappa shape index (κ1) is 27.1. The Bertz CT molecular complexity index is 1510. The van der Waals surface area contributed by atoms with Crippen molar-refractivity contribution < 1.29 is 4.74 Å². The van der Waals surface area contributed by atoms with Crippen LogP contribution in [0.15, 0.2) is 12.1 Å². The van der Waals surface area contributed by atoms with E-state index in [2.05, 4.69) is 48.1 Å². The fraction of sp³-hybridized carbons (Fsp3) is 0.600. The standard InChI is InChI=1S/C30H38N8OS2/c1-18(21-6-5-12-37(21)3)39-25-15-24(38-13-11-33-30(17-38)9-10-30)34-28(35-25)20-14-23(41-36-20)29(2)8-4-7-22-26(29)19(16-31)27(32)40-22/h14-15,18,21,33H,4-13,17,32H2,1-3H3/t18-,21-,29+/m0/s1. The average molecular weight is 591 g/mol. The maximum absolute atomic E-state index is 9.94. The maximum Gasteiger partial charge on any atom is 0.219 e. The van der Waals surface area contributed by atoms with E-state index in [1.165, 1.54) is 35.7 Å². The SMILES string of the molecule is C[C@H](Oc1cc(N2CCNC3(CC3)C2)nc(-c2cc([C@@]3(C)CCCc4sc(N)c(C#N)c43)sn2)n1)[C@@H]1CCCN1C. The molecule has 9 nitrogen and oxygen atoms in total. The zero-order valence-corrected chi connectivity index (χ0v) is 25.7. The summed E-state index contributed by atoms with van der Waals surface area (Å²) < 4.78 is 11.4. The molecule has 3 aromatic heterocycles. The number of aryl methyl sites for hydroxylation is 1. The largest absolute Gasteiger partial charge is 0.473 e. The van der Waals surface area contributed by atoms with Gasteiger partial charge in [-0.25, -0.2) is 4.98 Å². The van der Waals surface area contributed by atoms with E-state index in [-0.39, 0.29) is 17.1 Å². The molecular weight excluding hydrogens is 553 g/mol. The molecule has 3 atom stereocenters. The lowest BCUT2D eigenvalue weighted by molar-refractivity contribution is 0.117. The predicted octanol–water partition coefficient (Wildman–Crippen LogP) is 4.56. The maximum atomic E-state index is 9.94. The summed E-state index contributed by atoms with van der Waals surface area (Å²) in [5.74, 6) is 2.11. The number of thiophene rings is 1. The Balaban J connectivity index is 1.25. The molecule has 0 amide bonds. The van der Waals surface area contributed by atoms with Gasteiger partial charge in [-0.1, -0.05) is 6.92 Å². The summed E-state index contributed by atoms with van der Waals surface area (Å²) in [5, 5.41) is 14.3. The van der Waals surface area contributed by atoms with Crippen molar-refractivity contribution in [2.75, 3.05) is 43.9 Å². The zero-order valence-electron chi connectivity index (χ0n) is 24.1. The number of nitrogens with one attached hydrogen (secondary N) is 1. The Kier molecular flexibility index (Phi) is 6.73. The third-order valence-electron chi connectivity index (χ3n) is 9.70. The molecule has 2 saturated heterocycles. The second kappa shape index (κ2) is 10.2. The zero-order chi connectivity index (χ0) is 28.4. The third-order valence-corrected chi connectivity index (χ3v) is 11.8. The molecule has 216 valence electrons. The monoisotopic (exact) mass is 590 g/mol. The van der Waals surface area contributed by atoms with Crippen LogP contribution in [0.5, 0.6) is 5.88 Å². The molecule has 5 heterocycles. The number of fused-ring (bicyclic) bond motifs is 1. The number of anilines is 2. The molecule has 7 rings (SSSR count). The van der Waals surface area contributed by atoms with Crippen LogP contribution in [-0.4, -0.2) is 70.2 Å². The molecule has 41 heavy (non-hydrogen) atoms. The van der Waals surface area contributed by atoms with Crippen LogP contribution < -0.4 is 20.7 Å². The van der Waals surface area contributed by atoms with E-state index in [0.29, 0.717) is 28.3 Å². The van der Waals surface area contributed by atoms with Gasteiger partial charge in [-0.05, 0) is 88.6 Å². The first-order valence-corrected chi connectivity index (χ1v) is 16.4. The summed E-state index contributed by atoms with van der Waals surface area (Å²) in [6.45, 7) is 8.29. The number of hydrogen-bond donors (Lipinski definition) is 2. The minimum Gasteiger partial charge on any atom is -0.473 e. The molecule has 2 aliphatic carbocycles. The van der Waals surface area contributed by atoms with Crippen molar-refractivity contribution >= 4 is 33.7 Å². The Morgan fingerprint density at radius 3 is 2.83 bits per heavy atom. The fourth-order valence-corrected chi connectivity index (χ4v) is 9.26. The number of hydrogen-bond acceptors (Lipinski definition) is 11. The Hall–Kier alpha value is -2.78. The molecular formula is C30H38N8OS2. The van der Waals surface area contributed by atoms with Crippen molar-refractivity contribution in [2.45, 2.75) is 81.9 Å². The Morgan fingerprint density at radius 2 is 2.07 bits per heavy atom. The number of piperazine rings is 1. The highest BCUT2D eigenvalue weighted by Gasteiger charge is 2.46. The number of nitrogens with zero attached hydrogens (tertiary/aromatic N) is 6. The molecule has 0 bridgehead atoms. The van der Waals surface area contributed by atoms with Crippen molar-refractivity contribution in [3.8, 4) is 23.5 Å². The summed E-state index contributed by atoms with van der Waals surface area (Å²) in [7, 11) is 2.18. The number of nitriles is 1. The van der Waals surface area contributed by atoms with Crippen molar-refractivity contribution in [1.29, 1.82) is 5.26 Å². The molecule has 1 spiro atoms. The first-order chi connectivity index (χ1) is 19.8. The van der Waals surface area contributed by atoms with E-state index in [1.807, 2.05) is 6.07 Å². The molecule has 3 aromatic rings. The van der Waals surface area contributed by atoms with Crippen molar-refractivity contribution in [1.82, 2.24) is 24.6 Å². The van der Waals surface area contributed by atoms with Crippen LogP contribution in [0, 0.1) is 11.3 Å². The van der Waals surface area contributed by atoms with Crippen LogP contribution in [-0.2, 0) is 11.8 Å². The molecule has 3 N–H and O–H groups in total. The minimum atomic E-state index is -0.307. The van der Waals surface area contributed by atoms with Gasteiger partial charge in [0.05, 0.1) is 5.56 Å². The van der Waals surface area contributed by atoms with Gasteiger partial charge < -0.3 is 20.7 Å². The number of aromatic nitrogens is 3. The fourth-order valence-electron chi connectivity index (χ4n) is 7.17. The van der Waals surface area contributed by atoms with Gasteiger partial charge in [0, 0.05) is 52.5 Å². The smallest absolute Gasteiger partial charge is 0.219 e. The topological polar surface area (TPSA) is 116 Å². The molecule has 1 saturated carbocycles. The second-order valence-corrected chi connectivity index (χ2v) is 14.5. The van der Waals surface area contributed by atoms with Gasteiger partial charge in [0.25, 0.3) is 0 Å². The number of ether oxygens (including phenoxy) is 1. The third kappa shape index (κ3) is 4.79. The summed E-state index contributed by atoms with van der Waals surface area (Å²) in [4.78, 5) is 17.1. The van der Waals surface area contributed by atoms with Gasteiger partial charge in [0.1, 0.15) is 28.7 Å². The molecule has 0 radical (unpaired) electrons. The van der Waals surface area contributed by atoms with E-state index in [0.717, 1.165) is 73.8 Å². The number of nitrogen functional groups attached to an aromatic ring is 1. The number of nitrogens with two attached hydrogens (primary N) is 1. The Labute approximate surface area is 249 Å². The number of likely N-dealkylation sites (N-methyl/N-ethyl adjacent to an activating group) is 1. The van der Waals surface area contributed by atoms with E-state index >= 15 is 0 Å². The van der Waals surface area contributed by atoms with Crippen LogP contribution >= 0.6 is 22.9 Å². The van der Waals surface area contributed by atoms with E-state index in [9.17, 15) is 5.26 Å². The molecule has 0 unspecified atom stereocenters. The van der Waals surface area contributed by atoms with Gasteiger partial charge in [-0.2, -0.15) is 14.6 Å². The highest BCUT2D eigenvalue weighted by molar-refractivity contribution is 7.16. The molecule has 0 aromatic carbocycles. The lowest BCUT2D eigenvalue weighted by Gasteiger charge is -2.35. The first-order valence-electron chi connectivity index (χ1n) is 14.8. The van der Waals surface area contributed by atoms with Crippen LogP contribution in [0.3, 0.4) is 0 Å². The van der Waals surface area contributed by atoms with Crippen molar-refractivity contribution in [3.05, 3.63) is 33.0 Å². The Morgan fingerprint density at radius 1 is 1.22 bits per heavy atom. The van der Waals surface area contributed by atoms with Crippen molar-refractivity contribution in [2.24, 2.45) is 0 Å². The summed E-state index contributed by atoms with van der Waals surface area (Å²) >= 11 is 3.05. The van der Waals surface area contributed by atoms with Gasteiger partial charge in [0.15, 0.2) is 5.82 Å². The lowest BCUT2D eigenvalue weighted by Crippen LogP contribution is -2.52. The van der Waals surface area contributed by atoms with Gasteiger partial charge in [-0.3, -0.25) is 4.90 Å². The van der Waals surface area contributed by atoms with Crippen LogP contribution in [0.2, 0.25) is 0 Å². The van der Waals surface area contributed by atoms with E-state index in [1.54, 1.807) is 11.3 Å². The second-order valence-electron chi connectivity index (χ2n) is 12.5. The highest BCUT2D eigenvalue weighted by atomic mass is 32.1. The van der Waals surface area contributed by atoms with Crippen LogP contribution in [0.25, 0.3) is 11.5 Å². The number of rotatable bonds is 6. The normalized spacial score (nSPS) is 26.1. The quantitative estimate of drug-likeness (QED) is 0.426. The van der Waals surface area contributed by atoms with E-state index < -0.39 is 0 Å². The summed E-state index contributed by atoms with van der Waals surface area (Å²) in [5.41, 5.74) is 8.69. The number of likely N-dealkylation sites (tertiary alicyclic amines) is 1. The van der Waals surface area contributed by atoms with Gasteiger partial charge in [-0.15, -0.1) is 11.3 Å². The van der Waals surface area contributed by atoms with Crippen LogP contribution in [0.4, 0.5) is 10.8 Å². The van der Waals surface area contributed by atoms with Crippen LogP contribution in [0.1, 0.15) is 73.3 Å². The van der Waals surface area contributed by atoms with Gasteiger partial charge >= 0.3 is 0 Å². The molecule has 3 fully saturated rings. The summed E-state index contributed by atoms with van der Waals surface area (Å²) in [6, 6.07) is 6.92. The lowest BCUT2D eigenvalue weighted by atomic mass is 9.71. The molecule has 4 aliphatic rings. The predicted molar refractivity (Wildman–Crippen MR) is 164 cm³/mol.